The molecule has 0 aromatic heterocycles. The van der Waals surface area contributed by atoms with Crippen molar-refractivity contribution >= 4 is 29.8 Å². The van der Waals surface area contributed by atoms with E-state index in [0.717, 1.165) is 36.6 Å². The first-order valence-corrected chi connectivity index (χ1v) is 12.3. The number of carbonyl (C=O) groups is 1. The Bertz CT molecular complexity index is 754. The topological polar surface area (TPSA) is 75.5 Å². The van der Waals surface area contributed by atoms with Crippen molar-refractivity contribution in [3.8, 4) is 0 Å². The van der Waals surface area contributed by atoms with Crippen LogP contribution in [0.25, 0.3) is 0 Å². The van der Waals surface area contributed by atoms with E-state index in [0.29, 0.717) is 18.0 Å². The average molecular weight is 491 g/mol. The van der Waals surface area contributed by atoms with E-state index in [1.807, 2.05) is 21.0 Å². The lowest BCUT2D eigenvalue weighted by molar-refractivity contribution is 0.0952. The molecular weight excluding hydrogens is 448 g/mol. The minimum atomic E-state index is -0.0761. The van der Waals surface area contributed by atoms with Gasteiger partial charge in [0, 0.05) is 29.6 Å². The van der Waals surface area contributed by atoms with E-state index in [1.54, 1.807) is 61.3 Å². The molecule has 190 valence electrons. The van der Waals surface area contributed by atoms with E-state index in [-0.39, 0.29) is 5.91 Å². The molecule has 0 spiro atoms. The van der Waals surface area contributed by atoms with Crippen LogP contribution in [0, 0.1) is 0 Å². The molecule has 1 aromatic rings. The van der Waals surface area contributed by atoms with Crippen LogP contribution in [0.3, 0.4) is 0 Å². The molecule has 0 aliphatic heterocycles. The number of benzene rings is 1. The standard InChI is InChI=1S/C16H24N4O2.C6H12OS.C4H6/c1-5-18-19-16(22-4)14-9-7-13(8-10-14)15(21)17-11-6-12-20(2)3;1-6(2)7-4-5-8-3;1-3-4-2/h5,7-10H,6,11-12H2,1-4H3,(H,17,21);1,4-5H2,2-3H3;3-4H,1-2H2/b18-5+,19-16-;;. The third-order valence-corrected chi connectivity index (χ3v) is 4.30. The maximum absolute atomic E-state index is 12.0. The molecule has 0 bridgehead atoms. The van der Waals surface area contributed by atoms with Gasteiger partial charge in [0.05, 0.1) is 19.5 Å². The fraction of sp³-hybridized carbons (Fsp3) is 0.423. The van der Waals surface area contributed by atoms with Crippen LogP contribution < -0.4 is 5.32 Å². The van der Waals surface area contributed by atoms with Gasteiger partial charge in [0.15, 0.2) is 0 Å². The van der Waals surface area contributed by atoms with Gasteiger partial charge >= 0.3 is 0 Å². The molecule has 1 rings (SSSR count). The maximum Gasteiger partial charge on any atom is 0.251 e. The quantitative estimate of drug-likeness (QED) is 0.111. The molecule has 0 saturated carbocycles. The zero-order chi connectivity index (χ0) is 26.2. The number of methoxy groups -OCH3 is 1. The number of nitrogens with one attached hydrogen (secondary N) is 1. The summed E-state index contributed by atoms with van der Waals surface area (Å²) >= 11 is 1.78. The second kappa shape index (κ2) is 23.3. The van der Waals surface area contributed by atoms with E-state index in [9.17, 15) is 4.79 Å². The van der Waals surface area contributed by atoms with Crippen molar-refractivity contribution < 1.29 is 14.3 Å². The fourth-order valence-corrected chi connectivity index (χ4v) is 2.34. The van der Waals surface area contributed by atoms with Crippen molar-refractivity contribution in [2.24, 2.45) is 10.2 Å². The second-order valence-electron chi connectivity index (χ2n) is 6.99. The van der Waals surface area contributed by atoms with Crippen molar-refractivity contribution in [1.82, 2.24) is 10.2 Å². The molecule has 1 aromatic carbocycles. The predicted octanol–water partition coefficient (Wildman–Crippen LogP) is 5.02. The minimum absolute atomic E-state index is 0.0761. The van der Waals surface area contributed by atoms with E-state index in [4.69, 9.17) is 9.47 Å². The third-order valence-electron chi connectivity index (χ3n) is 3.72. The summed E-state index contributed by atoms with van der Waals surface area (Å²) in [5, 5.41) is 10.6. The first-order valence-electron chi connectivity index (χ1n) is 10.9. The van der Waals surface area contributed by atoms with E-state index in [2.05, 4.69) is 46.4 Å². The number of allylic oxidation sites excluding steroid dienone is 3. The molecule has 1 N–H and O–H groups in total. The van der Waals surface area contributed by atoms with Crippen LogP contribution in [-0.2, 0) is 9.47 Å². The number of carbonyl (C=O) groups excluding carboxylic acids is 1. The molecule has 0 radical (unpaired) electrons. The molecule has 8 heteroatoms. The van der Waals surface area contributed by atoms with Crippen molar-refractivity contribution in [2.45, 2.75) is 20.3 Å². The molecule has 1 amide bonds. The molecular formula is C26H42N4O3S. The summed E-state index contributed by atoms with van der Waals surface area (Å²) < 4.78 is 10.2. The summed E-state index contributed by atoms with van der Waals surface area (Å²) in [6, 6.07) is 7.09. The van der Waals surface area contributed by atoms with Gasteiger partial charge in [-0.15, -0.1) is 5.10 Å². The van der Waals surface area contributed by atoms with Crippen LogP contribution in [0.15, 0.2) is 72.1 Å². The largest absolute Gasteiger partial charge is 0.498 e. The number of hydrogen-bond donors (Lipinski definition) is 1. The number of ether oxygens (including phenoxy) is 2. The number of nitrogens with zero attached hydrogens (tertiary/aromatic N) is 3. The summed E-state index contributed by atoms with van der Waals surface area (Å²) in [6.45, 7) is 16.4. The SMILES string of the molecule is C/C=N/N=C(\OC)c1ccc(C(=O)NCCCN(C)C)cc1.C=C(C)OCCSC.C=CC=C. The van der Waals surface area contributed by atoms with Gasteiger partial charge in [-0.05, 0) is 71.4 Å². The van der Waals surface area contributed by atoms with Crippen molar-refractivity contribution in [2.75, 3.05) is 52.9 Å². The number of thioether (sulfide) groups is 1. The molecule has 0 saturated heterocycles. The zero-order valence-corrected chi connectivity index (χ0v) is 22.5. The smallest absolute Gasteiger partial charge is 0.251 e. The van der Waals surface area contributed by atoms with Crippen LogP contribution >= 0.6 is 11.8 Å². The summed E-state index contributed by atoms with van der Waals surface area (Å²) in [4.78, 5) is 14.1. The summed E-state index contributed by atoms with van der Waals surface area (Å²) in [6.07, 6.45) is 7.84. The van der Waals surface area contributed by atoms with Crippen molar-refractivity contribution in [3.05, 3.63) is 73.0 Å². The molecule has 0 fully saturated rings. The molecule has 0 unspecified atom stereocenters. The van der Waals surface area contributed by atoms with Crippen molar-refractivity contribution in [1.29, 1.82) is 0 Å². The van der Waals surface area contributed by atoms with Gasteiger partial charge in [0.1, 0.15) is 0 Å². The normalized spacial score (nSPS) is 10.4. The highest BCUT2D eigenvalue weighted by atomic mass is 32.2. The molecule has 0 aliphatic rings. The second-order valence-corrected chi connectivity index (χ2v) is 7.97. The Morgan fingerprint density at radius 2 is 1.76 bits per heavy atom. The van der Waals surface area contributed by atoms with Gasteiger partial charge in [-0.2, -0.15) is 16.9 Å². The average Bonchev–Trinajstić information content (AvgIpc) is 2.83. The van der Waals surface area contributed by atoms with Crippen LogP contribution in [0.2, 0.25) is 0 Å². The van der Waals surface area contributed by atoms with Crippen LogP contribution in [0.1, 0.15) is 36.2 Å². The Balaban J connectivity index is 0. The Kier molecular flexibility index (Phi) is 22.9. The Morgan fingerprint density at radius 1 is 1.18 bits per heavy atom. The van der Waals surface area contributed by atoms with Gasteiger partial charge < -0.3 is 19.7 Å². The molecule has 0 heterocycles. The van der Waals surface area contributed by atoms with Gasteiger partial charge in [-0.1, -0.05) is 31.9 Å². The van der Waals surface area contributed by atoms with E-state index >= 15 is 0 Å². The van der Waals surface area contributed by atoms with Crippen molar-refractivity contribution in [3.63, 3.8) is 0 Å². The summed E-state index contributed by atoms with van der Waals surface area (Å²) in [7, 11) is 5.56. The Hall–Kier alpha value is -2.84. The minimum Gasteiger partial charge on any atom is -0.498 e. The molecule has 0 atom stereocenters. The number of amides is 1. The van der Waals surface area contributed by atoms with Gasteiger partial charge in [0.2, 0.25) is 5.90 Å². The Morgan fingerprint density at radius 3 is 2.21 bits per heavy atom. The monoisotopic (exact) mass is 490 g/mol. The Labute approximate surface area is 210 Å². The van der Waals surface area contributed by atoms with Gasteiger partial charge in [0.25, 0.3) is 5.91 Å². The van der Waals surface area contributed by atoms with E-state index < -0.39 is 0 Å². The summed E-state index contributed by atoms with van der Waals surface area (Å²) in [5.41, 5.74) is 1.39. The van der Waals surface area contributed by atoms with Gasteiger partial charge in [-0.3, -0.25) is 4.79 Å². The lowest BCUT2D eigenvalue weighted by Gasteiger charge is -2.10. The fourth-order valence-electron chi connectivity index (χ4n) is 2.09. The van der Waals surface area contributed by atoms with Crippen LogP contribution in [0.4, 0.5) is 0 Å². The van der Waals surface area contributed by atoms with E-state index in [1.165, 1.54) is 7.11 Å². The van der Waals surface area contributed by atoms with Crippen LogP contribution in [0.5, 0.6) is 0 Å². The molecule has 7 nitrogen and oxygen atoms in total. The highest BCUT2D eigenvalue weighted by molar-refractivity contribution is 7.98. The predicted molar refractivity (Wildman–Crippen MR) is 149 cm³/mol. The first-order chi connectivity index (χ1) is 16.3. The summed E-state index contributed by atoms with van der Waals surface area (Å²) in [5.74, 6) is 2.19. The number of rotatable bonds is 12. The highest BCUT2D eigenvalue weighted by Gasteiger charge is 2.07. The molecule has 0 aliphatic carbocycles. The van der Waals surface area contributed by atoms with Crippen LogP contribution in [-0.4, -0.2) is 75.8 Å². The zero-order valence-electron chi connectivity index (χ0n) is 21.7. The lowest BCUT2D eigenvalue weighted by Crippen LogP contribution is -2.27. The lowest BCUT2D eigenvalue weighted by atomic mass is 10.1. The highest BCUT2D eigenvalue weighted by Crippen LogP contribution is 2.07. The first kappa shape index (κ1) is 33.3. The third kappa shape index (κ3) is 19.8. The maximum atomic E-state index is 12.0. The number of hydrogen-bond acceptors (Lipinski definition) is 7. The van der Waals surface area contributed by atoms with Gasteiger partial charge in [-0.25, -0.2) is 0 Å². The molecule has 34 heavy (non-hydrogen) atoms.